The summed E-state index contributed by atoms with van der Waals surface area (Å²) in [5.74, 6) is 0.893. The van der Waals surface area contributed by atoms with Crippen LogP contribution in [0.5, 0.6) is 0 Å². The fraction of sp³-hybridized carbons (Fsp3) is 0.667. The molecule has 0 amide bonds. The topological polar surface area (TPSA) is 15.3 Å². The Hall–Kier alpha value is -1.02. The zero-order valence-corrected chi connectivity index (χ0v) is 12.8. The van der Waals surface area contributed by atoms with Crippen LogP contribution in [0, 0.1) is 5.92 Å². The van der Waals surface area contributed by atoms with E-state index in [0.717, 1.165) is 12.5 Å². The summed E-state index contributed by atoms with van der Waals surface area (Å²) < 4.78 is 0. The summed E-state index contributed by atoms with van der Waals surface area (Å²) in [6.45, 7) is 5.75. The second-order valence-electron chi connectivity index (χ2n) is 6.39. The first-order valence-electron chi connectivity index (χ1n) is 8.44. The number of hydrogen-bond donors (Lipinski definition) is 1. The molecule has 3 rings (SSSR count). The molecule has 2 nitrogen and oxygen atoms in total. The van der Waals surface area contributed by atoms with Crippen LogP contribution < -0.4 is 10.2 Å². The monoisotopic (exact) mass is 272 g/mol. The molecule has 1 atom stereocenters. The van der Waals surface area contributed by atoms with Crippen LogP contribution in [0.25, 0.3) is 0 Å². The highest BCUT2D eigenvalue weighted by molar-refractivity contribution is 5.55. The molecule has 2 heteroatoms. The van der Waals surface area contributed by atoms with E-state index in [9.17, 15) is 0 Å². The van der Waals surface area contributed by atoms with Crippen LogP contribution in [0.15, 0.2) is 24.3 Å². The number of fused-ring (bicyclic) bond motifs is 1. The molecule has 0 spiro atoms. The van der Waals surface area contributed by atoms with Gasteiger partial charge in [0.05, 0.1) is 0 Å². The predicted molar refractivity (Wildman–Crippen MR) is 86.4 cm³/mol. The number of hydrogen-bond acceptors (Lipinski definition) is 2. The lowest BCUT2D eigenvalue weighted by Gasteiger charge is -2.36. The molecule has 0 saturated heterocycles. The van der Waals surface area contributed by atoms with Crippen molar-refractivity contribution < 1.29 is 0 Å². The molecule has 1 aliphatic heterocycles. The summed E-state index contributed by atoms with van der Waals surface area (Å²) in [5.41, 5.74) is 3.03. The molecule has 1 N–H and O–H groups in total. The van der Waals surface area contributed by atoms with Crippen LogP contribution >= 0.6 is 0 Å². The summed E-state index contributed by atoms with van der Waals surface area (Å²) in [5, 5.41) is 3.76. The molecule has 0 radical (unpaired) electrons. The molecule has 1 aliphatic carbocycles. The van der Waals surface area contributed by atoms with Crippen molar-refractivity contribution in [1.29, 1.82) is 0 Å². The fourth-order valence-corrected chi connectivity index (χ4v) is 4.04. The lowest BCUT2D eigenvalue weighted by molar-refractivity contribution is 0.361. The van der Waals surface area contributed by atoms with Gasteiger partial charge in [-0.05, 0) is 49.8 Å². The molecular weight excluding hydrogens is 244 g/mol. The van der Waals surface area contributed by atoms with Gasteiger partial charge in [0.1, 0.15) is 0 Å². The van der Waals surface area contributed by atoms with E-state index in [0.29, 0.717) is 6.04 Å². The molecule has 0 bridgehead atoms. The van der Waals surface area contributed by atoms with Crippen LogP contribution in [-0.2, 0) is 6.42 Å². The quantitative estimate of drug-likeness (QED) is 0.881. The van der Waals surface area contributed by atoms with Gasteiger partial charge in [0.15, 0.2) is 0 Å². The van der Waals surface area contributed by atoms with Gasteiger partial charge < -0.3 is 10.2 Å². The van der Waals surface area contributed by atoms with Crippen LogP contribution in [-0.4, -0.2) is 25.7 Å². The Kier molecular flexibility index (Phi) is 4.62. The van der Waals surface area contributed by atoms with Gasteiger partial charge in [-0.1, -0.05) is 38.0 Å². The third kappa shape index (κ3) is 3.01. The van der Waals surface area contributed by atoms with Crippen molar-refractivity contribution in [2.75, 3.05) is 24.5 Å². The van der Waals surface area contributed by atoms with Gasteiger partial charge in [-0.3, -0.25) is 0 Å². The third-order valence-corrected chi connectivity index (χ3v) is 5.06. The number of likely N-dealkylation sites (N-methyl/N-ethyl adjacent to an activating group) is 1. The maximum absolute atomic E-state index is 3.76. The second kappa shape index (κ2) is 6.62. The van der Waals surface area contributed by atoms with E-state index in [2.05, 4.69) is 41.4 Å². The average Bonchev–Trinajstić information content (AvgIpc) is 3.01. The Morgan fingerprint density at radius 3 is 2.80 bits per heavy atom. The van der Waals surface area contributed by atoms with Gasteiger partial charge in [-0.25, -0.2) is 0 Å². The van der Waals surface area contributed by atoms with Gasteiger partial charge in [-0.2, -0.15) is 0 Å². The number of benzene rings is 1. The Labute approximate surface area is 123 Å². The minimum atomic E-state index is 0.675. The first-order chi connectivity index (χ1) is 9.88. The lowest BCUT2D eigenvalue weighted by Crippen LogP contribution is -2.46. The van der Waals surface area contributed by atoms with E-state index >= 15 is 0 Å². The highest BCUT2D eigenvalue weighted by Crippen LogP contribution is 2.31. The smallest absolute Gasteiger partial charge is 0.0399 e. The molecular formula is C18H28N2. The molecule has 1 fully saturated rings. The molecule has 0 aromatic heterocycles. The van der Waals surface area contributed by atoms with E-state index < -0.39 is 0 Å². The van der Waals surface area contributed by atoms with Crippen molar-refractivity contribution in [2.45, 2.75) is 51.5 Å². The summed E-state index contributed by atoms with van der Waals surface area (Å²) >= 11 is 0. The molecule has 1 aromatic carbocycles. The molecule has 20 heavy (non-hydrogen) atoms. The van der Waals surface area contributed by atoms with Crippen molar-refractivity contribution in [2.24, 2.45) is 5.92 Å². The Morgan fingerprint density at radius 1 is 1.20 bits per heavy atom. The van der Waals surface area contributed by atoms with Crippen molar-refractivity contribution >= 4 is 5.69 Å². The van der Waals surface area contributed by atoms with E-state index in [1.54, 1.807) is 5.56 Å². The largest absolute Gasteiger partial charge is 0.370 e. The van der Waals surface area contributed by atoms with E-state index in [1.165, 1.54) is 57.3 Å². The number of para-hydroxylation sites is 1. The zero-order chi connectivity index (χ0) is 13.8. The minimum Gasteiger partial charge on any atom is -0.370 e. The Bertz CT molecular complexity index is 423. The molecule has 1 saturated carbocycles. The first kappa shape index (κ1) is 13.9. The van der Waals surface area contributed by atoms with Crippen LogP contribution in [0.4, 0.5) is 5.69 Å². The highest BCUT2D eigenvalue weighted by atomic mass is 15.2. The van der Waals surface area contributed by atoms with Gasteiger partial charge in [0.25, 0.3) is 0 Å². The molecule has 1 aromatic rings. The maximum atomic E-state index is 3.76. The number of nitrogens with zero attached hydrogens (tertiary/aromatic N) is 1. The normalized spacial score (nSPS) is 20.9. The Balaban J connectivity index is 1.72. The van der Waals surface area contributed by atoms with E-state index in [4.69, 9.17) is 0 Å². The van der Waals surface area contributed by atoms with Gasteiger partial charge in [0, 0.05) is 24.8 Å². The molecule has 1 heterocycles. The second-order valence-corrected chi connectivity index (χ2v) is 6.39. The summed E-state index contributed by atoms with van der Waals surface area (Å²) in [6.07, 6.45) is 8.27. The zero-order valence-electron chi connectivity index (χ0n) is 12.8. The van der Waals surface area contributed by atoms with Gasteiger partial charge in [0.2, 0.25) is 0 Å². The first-order valence-corrected chi connectivity index (χ1v) is 8.44. The number of nitrogens with one attached hydrogen (secondary N) is 1. The molecule has 110 valence electrons. The number of rotatable bonds is 5. The fourth-order valence-electron chi connectivity index (χ4n) is 4.04. The third-order valence-electron chi connectivity index (χ3n) is 5.06. The average molecular weight is 272 g/mol. The van der Waals surface area contributed by atoms with Crippen LogP contribution in [0.1, 0.15) is 44.6 Å². The van der Waals surface area contributed by atoms with Gasteiger partial charge in [-0.15, -0.1) is 0 Å². The summed E-state index contributed by atoms with van der Waals surface area (Å²) in [7, 11) is 0. The highest BCUT2D eigenvalue weighted by Gasteiger charge is 2.27. The SMILES string of the molecule is CCNC(CN1CCCc2ccccc21)C1CCCC1. The predicted octanol–water partition coefficient (Wildman–Crippen LogP) is 3.61. The van der Waals surface area contributed by atoms with Crippen molar-refractivity contribution in [1.82, 2.24) is 5.32 Å². The lowest BCUT2D eigenvalue weighted by atomic mass is 9.95. The van der Waals surface area contributed by atoms with Crippen LogP contribution in [0.3, 0.4) is 0 Å². The van der Waals surface area contributed by atoms with E-state index in [-0.39, 0.29) is 0 Å². The molecule has 1 unspecified atom stereocenters. The summed E-state index contributed by atoms with van der Waals surface area (Å²) in [6, 6.07) is 9.66. The van der Waals surface area contributed by atoms with Crippen molar-refractivity contribution in [3.8, 4) is 0 Å². The maximum Gasteiger partial charge on any atom is 0.0399 e. The van der Waals surface area contributed by atoms with E-state index in [1.807, 2.05) is 0 Å². The molecule has 2 aliphatic rings. The van der Waals surface area contributed by atoms with Crippen LogP contribution in [0.2, 0.25) is 0 Å². The van der Waals surface area contributed by atoms with Gasteiger partial charge >= 0.3 is 0 Å². The van der Waals surface area contributed by atoms with Crippen molar-refractivity contribution in [3.05, 3.63) is 29.8 Å². The summed E-state index contributed by atoms with van der Waals surface area (Å²) in [4.78, 5) is 2.63. The van der Waals surface area contributed by atoms with Crippen molar-refractivity contribution in [3.63, 3.8) is 0 Å². The number of anilines is 1. The Morgan fingerprint density at radius 2 is 2.00 bits per heavy atom. The minimum absolute atomic E-state index is 0.675. The number of aryl methyl sites for hydroxylation is 1. The standard InChI is InChI=1S/C18H28N2/c1-2-19-17(15-8-3-4-9-15)14-20-13-7-11-16-10-5-6-12-18(16)20/h5-6,10,12,15,17,19H,2-4,7-9,11,13-14H2,1H3.